The zero-order valence-corrected chi connectivity index (χ0v) is 14.1. The minimum absolute atomic E-state index is 0.147. The maximum Gasteiger partial charge on any atom is 0.243 e. The molecular formula is C16H12F3N3O3S. The molecule has 2 aromatic carbocycles. The Balaban J connectivity index is 2.13. The molecule has 136 valence electrons. The van der Waals surface area contributed by atoms with Gasteiger partial charge in [0.15, 0.2) is 17.5 Å². The van der Waals surface area contributed by atoms with Crippen LogP contribution >= 0.6 is 0 Å². The van der Waals surface area contributed by atoms with Crippen molar-refractivity contribution in [3.05, 3.63) is 59.4 Å². The first-order valence-corrected chi connectivity index (χ1v) is 8.50. The summed E-state index contributed by atoms with van der Waals surface area (Å²) in [5, 5.41) is 10.7. The van der Waals surface area contributed by atoms with E-state index < -0.39 is 45.6 Å². The number of carbonyl (C=O) groups is 1. The predicted octanol–water partition coefficient (Wildman–Crippen LogP) is 2.23. The lowest BCUT2D eigenvalue weighted by Crippen LogP contribution is -2.35. The number of amides is 1. The summed E-state index contributed by atoms with van der Waals surface area (Å²) >= 11 is 0. The Morgan fingerprint density at radius 1 is 1.12 bits per heavy atom. The molecule has 0 saturated carbocycles. The summed E-state index contributed by atoms with van der Waals surface area (Å²) in [6, 6.07) is 8.31. The second kappa shape index (κ2) is 7.55. The molecule has 0 bridgehead atoms. The van der Waals surface area contributed by atoms with Crippen molar-refractivity contribution in [3.8, 4) is 6.07 Å². The molecule has 26 heavy (non-hydrogen) atoms. The number of benzene rings is 2. The quantitative estimate of drug-likeness (QED) is 0.802. The van der Waals surface area contributed by atoms with E-state index in [0.29, 0.717) is 10.4 Å². The zero-order valence-electron chi connectivity index (χ0n) is 13.3. The number of anilines is 1. The lowest BCUT2D eigenvalue weighted by Gasteiger charge is -2.17. The van der Waals surface area contributed by atoms with Crippen molar-refractivity contribution < 1.29 is 26.4 Å². The van der Waals surface area contributed by atoms with E-state index in [9.17, 15) is 26.4 Å². The number of nitrogens with zero attached hydrogens (tertiary/aromatic N) is 2. The van der Waals surface area contributed by atoms with Gasteiger partial charge in [0.25, 0.3) is 0 Å². The Bertz CT molecular complexity index is 986. The van der Waals surface area contributed by atoms with Crippen molar-refractivity contribution in [2.75, 3.05) is 18.9 Å². The predicted molar refractivity (Wildman–Crippen MR) is 85.9 cm³/mol. The van der Waals surface area contributed by atoms with Gasteiger partial charge in [0.1, 0.15) is 0 Å². The molecule has 1 amide bonds. The molecule has 0 saturated heterocycles. The Morgan fingerprint density at radius 3 is 2.31 bits per heavy atom. The lowest BCUT2D eigenvalue weighted by atomic mass is 10.2. The highest BCUT2D eigenvalue weighted by Gasteiger charge is 2.24. The standard InChI is InChI=1S/C16H12F3N3O3S/c1-22(26(24,25)11-4-2-10(8-20)3-5-11)9-14(23)21-13-7-6-12(17)15(18)16(13)19/h2-7H,9H2,1H3,(H,21,23). The van der Waals surface area contributed by atoms with Crippen molar-refractivity contribution in [3.63, 3.8) is 0 Å². The van der Waals surface area contributed by atoms with Crippen molar-refractivity contribution in [2.24, 2.45) is 0 Å². The monoisotopic (exact) mass is 383 g/mol. The Morgan fingerprint density at radius 2 is 1.73 bits per heavy atom. The van der Waals surface area contributed by atoms with Gasteiger partial charge in [0.2, 0.25) is 15.9 Å². The summed E-state index contributed by atoms with van der Waals surface area (Å²) < 4.78 is 65.0. The minimum Gasteiger partial charge on any atom is -0.322 e. The van der Waals surface area contributed by atoms with Gasteiger partial charge in [-0.2, -0.15) is 9.57 Å². The number of sulfonamides is 1. The molecule has 0 spiro atoms. The van der Waals surface area contributed by atoms with E-state index >= 15 is 0 Å². The third-order valence-corrected chi connectivity index (χ3v) is 5.18. The van der Waals surface area contributed by atoms with Gasteiger partial charge in [0.05, 0.1) is 28.8 Å². The van der Waals surface area contributed by atoms with Crippen LogP contribution in [0.5, 0.6) is 0 Å². The van der Waals surface area contributed by atoms with Crippen LogP contribution in [0.2, 0.25) is 0 Å². The van der Waals surface area contributed by atoms with Crippen LogP contribution in [0, 0.1) is 28.8 Å². The molecule has 0 radical (unpaired) electrons. The third kappa shape index (κ3) is 4.01. The van der Waals surface area contributed by atoms with Crippen LogP contribution in [-0.4, -0.2) is 32.2 Å². The van der Waals surface area contributed by atoms with Crippen LogP contribution in [0.1, 0.15) is 5.56 Å². The summed E-state index contributed by atoms with van der Waals surface area (Å²) in [6.45, 7) is -0.694. The van der Waals surface area contributed by atoms with Gasteiger partial charge in [-0.15, -0.1) is 0 Å². The fourth-order valence-electron chi connectivity index (χ4n) is 1.98. The van der Waals surface area contributed by atoms with Gasteiger partial charge < -0.3 is 5.32 Å². The number of rotatable bonds is 5. The molecule has 1 N–H and O–H groups in total. The zero-order chi connectivity index (χ0) is 19.5. The van der Waals surface area contributed by atoms with Crippen LogP contribution in [-0.2, 0) is 14.8 Å². The maximum atomic E-state index is 13.5. The van der Waals surface area contributed by atoms with Crippen LogP contribution in [0.25, 0.3) is 0 Å². The van der Waals surface area contributed by atoms with Gasteiger partial charge in [-0.1, -0.05) is 0 Å². The summed E-state index contributed by atoms with van der Waals surface area (Å²) in [6.07, 6.45) is 0. The first-order chi connectivity index (χ1) is 12.2. The van der Waals surface area contributed by atoms with Gasteiger partial charge in [-0.3, -0.25) is 4.79 Å². The van der Waals surface area contributed by atoms with Crippen LogP contribution in [0.15, 0.2) is 41.3 Å². The van der Waals surface area contributed by atoms with E-state index in [4.69, 9.17) is 5.26 Å². The normalized spacial score (nSPS) is 11.2. The molecule has 2 aromatic rings. The summed E-state index contributed by atoms with van der Waals surface area (Å²) in [4.78, 5) is 11.8. The molecule has 0 heterocycles. The lowest BCUT2D eigenvalue weighted by molar-refractivity contribution is -0.116. The number of nitrogens with one attached hydrogen (secondary N) is 1. The highest BCUT2D eigenvalue weighted by Crippen LogP contribution is 2.20. The van der Waals surface area contributed by atoms with Crippen LogP contribution in [0.4, 0.5) is 18.9 Å². The van der Waals surface area contributed by atoms with Crippen molar-refractivity contribution in [1.29, 1.82) is 5.26 Å². The van der Waals surface area contributed by atoms with Crippen molar-refractivity contribution >= 4 is 21.6 Å². The number of halogens is 3. The second-order valence-electron chi connectivity index (χ2n) is 5.17. The van der Waals surface area contributed by atoms with Gasteiger partial charge in [0, 0.05) is 7.05 Å². The molecule has 0 aliphatic carbocycles. The Kier molecular flexibility index (Phi) is 5.64. The van der Waals surface area contributed by atoms with Gasteiger partial charge in [-0.05, 0) is 36.4 Å². The second-order valence-corrected chi connectivity index (χ2v) is 7.21. The van der Waals surface area contributed by atoms with Gasteiger partial charge >= 0.3 is 0 Å². The number of hydrogen-bond donors (Lipinski definition) is 1. The molecule has 0 unspecified atom stereocenters. The molecule has 0 atom stereocenters. The van der Waals surface area contributed by atoms with Crippen molar-refractivity contribution in [2.45, 2.75) is 4.90 Å². The Hall–Kier alpha value is -2.90. The molecule has 0 fully saturated rings. The fraction of sp³-hybridized carbons (Fsp3) is 0.125. The molecular weight excluding hydrogens is 371 g/mol. The minimum atomic E-state index is -4.04. The van der Waals surface area contributed by atoms with E-state index in [0.717, 1.165) is 13.1 Å². The van der Waals surface area contributed by atoms with E-state index in [1.807, 2.05) is 11.4 Å². The van der Waals surface area contributed by atoms with E-state index in [1.54, 1.807) is 0 Å². The molecule has 0 aliphatic heterocycles. The number of likely N-dealkylation sites (N-methyl/N-ethyl adjacent to an activating group) is 1. The molecule has 0 aromatic heterocycles. The van der Waals surface area contributed by atoms with Crippen molar-refractivity contribution in [1.82, 2.24) is 4.31 Å². The van der Waals surface area contributed by atoms with Crippen LogP contribution in [0.3, 0.4) is 0 Å². The molecule has 6 nitrogen and oxygen atoms in total. The number of hydrogen-bond acceptors (Lipinski definition) is 4. The average Bonchev–Trinajstić information content (AvgIpc) is 2.62. The van der Waals surface area contributed by atoms with Gasteiger partial charge in [-0.25, -0.2) is 21.6 Å². The first kappa shape index (κ1) is 19.4. The number of carbonyl (C=O) groups excluding carboxylic acids is 1. The van der Waals surface area contributed by atoms with E-state index in [1.165, 1.54) is 24.3 Å². The summed E-state index contributed by atoms with van der Waals surface area (Å²) in [5.41, 5.74) is -0.351. The topological polar surface area (TPSA) is 90.3 Å². The highest BCUT2D eigenvalue weighted by molar-refractivity contribution is 7.89. The average molecular weight is 383 g/mol. The highest BCUT2D eigenvalue weighted by atomic mass is 32.2. The molecule has 2 rings (SSSR count). The maximum absolute atomic E-state index is 13.5. The van der Waals surface area contributed by atoms with Crippen LogP contribution < -0.4 is 5.32 Å². The smallest absolute Gasteiger partial charge is 0.243 e. The molecule has 0 aliphatic rings. The van der Waals surface area contributed by atoms with E-state index in [-0.39, 0.29) is 10.5 Å². The number of nitriles is 1. The largest absolute Gasteiger partial charge is 0.322 e. The van der Waals surface area contributed by atoms with E-state index in [2.05, 4.69) is 0 Å². The first-order valence-electron chi connectivity index (χ1n) is 7.06. The SMILES string of the molecule is CN(CC(=O)Nc1ccc(F)c(F)c1F)S(=O)(=O)c1ccc(C#N)cc1. The third-order valence-electron chi connectivity index (χ3n) is 3.37. The fourth-order valence-corrected chi connectivity index (χ4v) is 3.11. The Labute approximate surface area is 147 Å². The molecule has 10 heteroatoms. The summed E-state index contributed by atoms with van der Waals surface area (Å²) in [7, 11) is -2.92. The summed E-state index contributed by atoms with van der Waals surface area (Å²) in [5.74, 6) is -5.70.